The van der Waals surface area contributed by atoms with Crippen molar-refractivity contribution in [2.24, 2.45) is 0 Å². The quantitative estimate of drug-likeness (QED) is 0.885. The molecule has 18 heavy (non-hydrogen) atoms. The fraction of sp³-hybridized carbons (Fsp3) is 0.643. The highest BCUT2D eigenvalue weighted by Crippen LogP contribution is 2.23. The van der Waals surface area contributed by atoms with E-state index in [1.165, 1.54) is 12.8 Å². The van der Waals surface area contributed by atoms with Gasteiger partial charge in [-0.25, -0.2) is 0 Å². The largest absolute Gasteiger partial charge is 0.490 e. The lowest BCUT2D eigenvalue weighted by Gasteiger charge is -2.21. The highest BCUT2D eigenvalue weighted by molar-refractivity contribution is 5.27. The monoisotopic (exact) mass is 250 g/mol. The molecular formula is C14H22N2O2. The maximum atomic E-state index is 9.93. The molecular weight excluding hydrogens is 228 g/mol. The van der Waals surface area contributed by atoms with Crippen molar-refractivity contribution in [2.75, 3.05) is 20.2 Å². The molecule has 0 unspecified atom stereocenters. The van der Waals surface area contributed by atoms with Crippen molar-refractivity contribution in [1.29, 1.82) is 0 Å². The molecule has 4 nitrogen and oxygen atoms in total. The van der Waals surface area contributed by atoms with Crippen molar-refractivity contribution in [3.63, 3.8) is 0 Å². The van der Waals surface area contributed by atoms with Crippen LogP contribution in [0.15, 0.2) is 18.5 Å². The van der Waals surface area contributed by atoms with E-state index in [1.807, 2.05) is 6.07 Å². The second-order valence-corrected chi connectivity index (χ2v) is 5.56. The van der Waals surface area contributed by atoms with E-state index in [1.54, 1.807) is 26.2 Å². The van der Waals surface area contributed by atoms with E-state index >= 15 is 0 Å². The molecule has 1 N–H and O–H groups in total. The summed E-state index contributed by atoms with van der Waals surface area (Å²) < 4.78 is 5.78. The molecule has 1 aromatic rings. The fourth-order valence-corrected chi connectivity index (χ4v) is 2.21. The molecule has 0 amide bonds. The lowest BCUT2D eigenvalue weighted by atomic mass is 10.0. The van der Waals surface area contributed by atoms with E-state index in [9.17, 15) is 5.11 Å². The zero-order chi connectivity index (χ0) is 13.2. The first kappa shape index (κ1) is 13.3. The minimum Gasteiger partial charge on any atom is -0.490 e. The summed E-state index contributed by atoms with van der Waals surface area (Å²) in [5, 5.41) is 9.93. The highest BCUT2D eigenvalue weighted by atomic mass is 16.5. The van der Waals surface area contributed by atoms with Gasteiger partial charge >= 0.3 is 0 Å². The number of rotatable bonds is 4. The van der Waals surface area contributed by atoms with Crippen molar-refractivity contribution in [1.82, 2.24) is 9.88 Å². The summed E-state index contributed by atoms with van der Waals surface area (Å²) in [6, 6.07) is 2.36. The molecule has 0 spiro atoms. The molecule has 0 aliphatic carbocycles. The second-order valence-electron chi connectivity index (χ2n) is 5.56. The molecule has 1 aromatic heterocycles. The zero-order valence-corrected chi connectivity index (χ0v) is 11.4. The third-order valence-electron chi connectivity index (χ3n) is 3.53. The molecule has 1 aliphatic rings. The Morgan fingerprint density at radius 1 is 1.50 bits per heavy atom. The van der Waals surface area contributed by atoms with Crippen LogP contribution in [0.3, 0.4) is 0 Å². The molecule has 1 aliphatic heterocycles. The Labute approximate surface area is 109 Å². The van der Waals surface area contributed by atoms with Gasteiger partial charge in [0.15, 0.2) is 0 Å². The predicted octanol–water partition coefficient (Wildman–Crippen LogP) is 1.78. The van der Waals surface area contributed by atoms with Crippen molar-refractivity contribution in [2.45, 2.75) is 38.3 Å². The van der Waals surface area contributed by atoms with Gasteiger partial charge in [-0.05, 0) is 46.3 Å². The van der Waals surface area contributed by atoms with Gasteiger partial charge in [-0.1, -0.05) is 0 Å². The van der Waals surface area contributed by atoms with Crippen LogP contribution in [0.5, 0.6) is 5.75 Å². The van der Waals surface area contributed by atoms with Gasteiger partial charge in [-0.2, -0.15) is 0 Å². The lowest BCUT2D eigenvalue weighted by Crippen LogP contribution is -2.30. The SMILES string of the molecule is CN1CCC[C@H]1COc1cncc(C(C)(C)O)c1. The van der Waals surface area contributed by atoms with E-state index in [-0.39, 0.29) is 0 Å². The Morgan fingerprint density at radius 2 is 2.28 bits per heavy atom. The van der Waals surface area contributed by atoms with Gasteiger partial charge < -0.3 is 14.7 Å². The van der Waals surface area contributed by atoms with Gasteiger partial charge in [0, 0.05) is 17.8 Å². The summed E-state index contributed by atoms with van der Waals surface area (Å²) in [7, 11) is 2.13. The minimum atomic E-state index is -0.878. The number of nitrogens with zero attached hydrogens (tertiary/aromatic N) is 2. The number of ether oxygens (including phenoxy) is 1. The third-order valence-corrected chi connectivity index (χ3v) is 3.53. The molecule has 0 saturated carbocycles. The Kier molecular flexibility index (Phi) is 3.88. The molecule has 0 radical (unpaired) electrons. The molecule has 0 aromatic carbocycles. The van der Waals surface area contributed by atoms with Gasteiger partial charge in [0.05, 0.1) is 11.8 Å². The number of aromatic nitrogens is 1. The molecule has 0 bridgehead atoms. The van der Waals surface area contributed by atoms with Gasteiger partial charge in [0.25, 0.3) is 0 Å². The Morgan fingerprint density at radius 3 is 2.89 bits per heavy atom. The smallest absolute Gasteiger partial charge is 0.138 e. The van der Waals surface area contributed by atoms with Crippen LogP contribution in [0, 0.1) is 0 Å². The summed E-state index contributed by atoms with van der Waals surface area (Å²) >= 11 is 0. The van der Waals surface area contributed by atoms with Crippen molar-refractivity contribution >= 4 is 0 Å². The third kappa shape index (κ3) is 3.21. The Balaban J connectivity index is 1.97. The van der Waals surface area contributed by atoms with Gasteiger partial charge in [0.1, 0.15) is 12.4 Å². The molecule has 1 saturated heterocycles. The van der Waals surface area contributed by atoms with Gasteiger partial charge in [-0.3, -0.25) is 4.98 Å². The normalized spacial score (nSPS) is 21.2. The first-order valence-electron chi connectivity index (χ1n) is 6.48. The van der Waals surface area contributed by atoms with Crippen LogP contribution in [0.25, 0.3) is 0 Å². The van der Waals surface area contributed by atoms with Crippen molar-refractivity contribution in [3.05, 3.63) is 24.0 Å². The first-order valence-corrected chi connectivity index (χ1v) is 6.48. The van der Waals surface area contributed by atoms with Gasteiger partial charge in [-0.15, -0.1) is 0 Å². The van der Waals surface area contributed by atoms with E-state index in [4.69, 9.17) is 4.74 Å². The number of hydrogen-bond donors (Lipinski definition) is 1. The van der Waals surface area contributed by atoms with Gasteiger partial charge in [0.2, 0.25) is 0 Å². The van der Waals surface area contributed by atoms with E-state index in [2.05, 4.69) is 16.9 Å². The molecule has 100 valence electrons. The van der Waals surface area contributed by atoms with Crippen molar-refractivity contribution < 1.29 is 9.84 Å². The van der Waals surface area contributed by atoms with Crippen LogP contribution in [0.1, 0.15) is 32.3 Å². The van der Waals surface area contributed by atoms with Crippen LogP contribution in [0.4, 0.5) is 0 Å². The number of hydrogen-bond acceptors (Lipinski definition) is 4. The second kappa shape index (κ2) is 5.24. The summed E-state index contributed by atoms with van der Waals surface area (Å²) in [6.45, 7) is 5.33. The van der Waals surface area contributed by atoms with Crippen molar-refractivity contribution in [3.8, 4) is 5.75 Å². The van der Waals surface area contributed by atoms with Crippen LogP contribution in [0.2, 0.25) is 0 Å². The Hall–Kier alpha value is -1.13. The number of aliphatic hydroxyl groups is 1. The average Bonchev–Trinajstić information content (AvgIpc) is 2.72. The molecule has 1 fully saturated rings. The first-order chi connectivity index (χ1) is 8.47. The maximum Gasteiger partial charge on any atom is 0.138 e. The molecule has 2 heterocycles. The summed E-state index contributed by atoms with van der Waals surface area (Å²) in [6.07, 6.45) is 5.81. The zero-order valence-electron chi connectivity index (χ0n) is 11.4. The molecule has 1 atom stereocenters. The Bertz CT molecular complexity index is 401. The van der Waals surface area contributed by atoms with E-state index < -0.39 is 5.60 Å². The standard InChI is InChI=1S/C14H22N2O2/c1-14(2,17)11-7-13(9-15-8-11)18-10-12-5-4-6-16(12)3/h7-9,12,17H,4-6,10H2,1-3H3/t12-/m0/s1. The topological polar surface area (TPSA) is 45.6 Å². The summed E-state index contributed by atoms with van der Waals surface area (Å²) in [5.74, 6) is 0.731. The number of pyridine rings is 1. The highest BCUT2D eigenvalue weighted by Gasteiger charge is 2.22. The van der Waals surface area contributed by atoms with Crippen LogP contribution < -0.4 is 4.74 Å². The molecule has 4 heteroatoms. The van der Waals surface area contributed by atoms with Crippen LogP contribution >= 0.6 is 0 Å². The average molecular weight is 250 g/mol. The van der Waals surface area contributed by atoms with E-state index in [0.717, 1.165) is 17.9 Å². The lowest BCUT2D eigenvalue weighted by molar-refractivity contribution is 0.0777. The molecule has 2 rings (SSSR count). The maximum absolute atomic E-state index is 9.93. The number of likely N-dealkylation sites (N-methyl/N-ethyl adjacent to an activating group) is 1. The minimum absolute atomic E-state index is 0.496. The van der Waals surface area contributed by atoms with Crippen LogP contribution in [-0.4, -0.2) is 41.2 Å². The van der Waals surface area contributed by atoms with E-state index in [0.29, 0.717) is 12.6 Å². The summed E-state index contributed by atoms with van der Waals surface area (Å²) in [5.41, 5.74) is -0.101. The fourth-order valence-electron chi connectivity index (χ4n) is 2.21. The predicted molar refractivity (Wildman–Crippen MR) is 70.6 cm³/mol. The number of likely N-dealkylation sites (tertiary alicyclic amines) is 1. The van der Waals surface area contributed by atoms with Crippen LogP contribution in [-0.2, 0) is 5.60 Å². The summed E-state index contributed by atoms with van der Waals surface area (Å²) in [4.78, 5) is 6.44.